The number of anilines is 1. The van der Waals surface area contributed by atoms with Crippen LogP contribution in [0.25, 0.3) is 5.57 Å². The van der Waals surface area contributed by atoms with E-state index in [2.05, 4.69) is 5.10 Å². The molecule has 1 unspecified atom stereocenters. The van der Waals surface area contributed by atoms with Crippen molar-refractivity contribution in [1.29, 1.82) is 0 Å². The molecule has 2 heterocycles. The van der Waals surface area contributed by atoms with Crippen LogP contribution in [-0.2, 0) is 4.74 Å². The second-order valence-electron chi connectivity index (χ2n) is 10.3. The second kappa shape index (κ2) is 10.2. The van der Waals surface area contributed by atoms with Gasteiger partial charge >= 0.3 is 18.2 Å². The molecule has 0 aromatic heterocycles. The lowest BCUT2D eigenvalue weighted by atomic mass is 9.93. The van der Waals surface area contributed by atoms with Gasteiger partial charge in [-0.3, -0.25) is 5.01 Å². The van der Waals surface area contributed by atoms with E-state index in [-0.39, 0.29) is 6.54 Å². The van der Waals surface area contributed by atoms with Gasteiger partial charge in [-0.15, -0.1) is 0 Å². The van der Waals surface area contributed by atoms with Crippen LogP contribution < -0.4 is 5.01 Å². The molecule has 0 saturated carbocycles. The molecule has 0 bridgehead atoms. The Kier molecular flexibility index (Phi) is 7.44. The van der Waals surface area contributed by atoms with Crippen LogP contribution in [-0.4, -0.2) is 47.5 Å². The molecule has 0 radical (unpaired) electrons. The van der Waals surface area contributed by atoms with Gasteiger partial charge in [-0.2, -0.15) is 27.1 Å². The SMILES string of the molecule is CC(C)(C)OC(=O)N1CC=C(c2cccc(C3CC(C(F)(F)C(F)(F)F)=NN3c3ccc(F)cc3F)c2)CC1. The number of carbonyl (C=O) groups excluding carboxylic acids is 1. The molecule has 0 aliphatic carbocycles. The average molecular weight is 558 g/mol. The number of rotatable bonds is 4. The molecule has 2 aliphatic heterocycles. The Balaban J connectivity index is 1.64. The van der Waals surface area contributed by atoms with Gasteiger partial charge in [-0.25, -0.2) is 13.6 Å². The molecule has 39 heavy (non-hydrogen) atoms. The number of hydrogen-bond acceptors (Lipinski definition) is 4. The van der Waals surface area contributed by atoms with Crippen LogP contribution in [0.5, 0.6) is 0 Å². The summed E-state index contributed by atoms with van der Waals surface area (Å²) in [5.41, 5.74) is -0.772. The summed E-state index contributed by atoms with van der Waals surface area (Å²) in [5, 5.41) is 4.23. The summed E-state index contributed by atoms with van der Waals surface area (Å²) in [7, 11) is 0. The zero-order valence-electron chi connectivity index (χ0n) is 21.3. The molecular weight excluding hydrogens is 531 g/mol. The van der Waals surface area contributed by atoms with Crippen LogP contribution in [0.15, 0.2) is 53.6 Å². The highest BCUT2D eigenvalue weighted by molar-refractivity contribution is 5.95. The van der Waals surface area contributed by atoms with Crippen molar-refractivity contribution in [3.63, 3.8) is 0 Å². The minimum Gasteiger partial charge on any atom is -0.444 e. The summed E-state index contributed by atoms with van der Waals surface area (Å²) < 4.78 is 101. The number of alkyl halides is 5. The van der Waals surface area contributed by atoms with Gasteiger partial charge in [0.05, 0.1) is 11.7 Å². The molecule has 1 amide bonds. The first kappa shape index (κ1) is 28.4. The van der Waals surface area contributed by atoms with Crippen LogP contribution in [0.2, 0.25) is 0 Å². The Morgan fingerprint density at radius 1 is 1.03 bits per heavy atom. The molecule has 1 atom stereocenters. The normalized spacial score (nSPS) is 18.7. The summed E-state index contributed by atoms with van der Waals surface area (Å²) in [5.74, 6) is -7.34. The number of carbonyl (C=O) groups is 1. The van der Waals surface area contributed by atoms with Crippen molar-refractivity contribution in [2.75, 3.05) is 18.1 Å². The molecule has 0 fully saturated rings. The van der Waals surface area contributed by atoms with Gasteiger partial charge in [0.25, 0.3) is 0 Å². The monoisotopic (exact) mass is 557 g/mol. The Labute approximate surface area is 220 Å². The molecule has 5 nitrogen and oxygen atoms in total. The molecular formula is C27H26F7N3O2. The lowest BCUT2D eigenvalue weighted by Gasteiger charge is -2.30. The first-order valence-electron chi connectivity index (χ1n) is 12.1. The maximum Gasteiger partial charge on any atom is 0.459 e. The van der Waals surface area contributed by atoms with Crippen molar-refractivity contribution in [2.45, 2.75) is 57.4 Å². The highest BCUT2D eigenvalue weighted by atomic mass is 19.4. The lowest BCUT2D eigenvalue weighted by Crippen LogP contribution is -2.43. The Morgan fingerprint density at radius 2 is 1.74 bits per heavy atom. The number of benzene rings is 2. The van der Waals surface area contributed by atoms with E-state index < -0.39 is 59.3 Å². The van der Waals surface area contributed by atoms with E-state index in [4.69, 9.17) is 4.74 Å². The summed E-state index contributed by atoms with van der Waals surface area (Å²) in [4.78, 5) is 13.9. The van der Waals surface area contributed by atoms with E-state index >= 15 is 0 Å². The topological polar surface area (TPSA) is 45.1 Å². The van der Waals surface area contributed by atoms with E-state index in [1.165, 1.54) is 11.0 Å². The van der Waals surface area contributed by atoms with Crippen LogP contribution in [0.4, 0.5) is 41.2 Å². The van der Waals surface area contributed by atoms with Crippen molar-refractivity contribution < 1.29 is 40.3 Å². The first-order valence-corrected chi connectivity index (χ1v) is 12.1. The number of amides is 1. The minimum absolute atomic E-state index is 0.260. The zero-order valence-corrected chi connectivity index (χ0v) is 21.3. The van der Waals surface area contributed by atoms with Gasteiger partial charge in [-0.05, 0) is 62.1 Å². The third kappa shape index (κ3) is 6.04. The fourth-order valence-corrected chi connectivity index (χ4v) is 4.38. The molecule has 2 aromatic rings. The van der Waals surface area contributed by atoms with Gasteiger partial charge in [0.15, 0.2) is 5.82 Å². The quantitative estimate of drug-likeness (QED) is 0.366. The van der Waals surface area contributed by atoms with Crippen molar-refractivity contribution in [1.82, 2.24) is 4.90 Å². The van der Waals surface area contributed by atoms with E-state index in [1.807, 2.05) is 0 Å². The summed E-state index contributed by atoms with van der Waals surface area (Å²) in [6.07, 6.45) is -4.96. The summed E-state index contributed by atoms with van der Waals surface area (Å²) in [6, 6.07) is 7.56. The Hall–Kier alpha value is -3.57. The van der Waals surface area contributed by atoms with E-state index in [9.17, 15) is 35.5 Å². The predicted octanol–water partition coefficient (Wildman–Crippen LogP) is 7.49. The average Bonchev–Trinajstić information content (AvgIpc) is 3.28. The molecule has 0 N–H and O–H groups in total. The standard InChI is InChI=1S/C27H26F7N3O2/c1-25(2,3)39-24(38)36-11-9-16(10-12-36)17-5-4-6-18(13-17)22-15-23(26(30,31)27(32,33)34)35-37(22)21-8-7-19(28)14-20(21)29/h4-9,13-14,22H,10-12,15H2,1-3H3. The fraction of sp³-hybridized carbons (Fsp3) is 0.407. The van der Waals surface area contributed by atoms with Crippen LogP contribution in [0, 0.1) is 11.6 Å². The lowest BCUT2D eigenvalue weighted by molar-refractivity contribution is -0.249. The number of halogens is 7. The minimum atomic E-state index is -5.90. The number of ether oxygens (including phenoxy) is 1. The summed E-state index contributed by atoms with van der Waals surface area (Å²) in [6.45, 7) is 5.88. The van der Waals surface area contributed by atoms with Gasteiger partial charge in [0.1, 0.15) is 17.1 Å². The van der Waals surface area contributed by atoms with E-state index in [0.29, 0.717) is 30.2 Å². The van der Waals surface area contributed by atoms with Crippen molar-refractivity contribution in [2.24, 2.45) is 5.10 Å². The van der Waals surface area contributed by atoms with Crippen molar-refractivity contribution >= 4 is 23.1 Å². The van der Waals surface area contributed by atoms with Crippen LogP contribution >= 0.6 is 0 Å². The fourth-order valence-electron chi connectivity index (χ4n) is 4.38. The van der Waals surface area contributed by atoms with Gasteiger partial charge < -0.3 is 9.64 Å². The Bertz CT molecular complexity index is 1320. The van der Waals surface area contributed by atoms with Crippen molar-refractivity contribution in [3.8, 4) is 0 Å². The maximum absolute atomic E-state index is 14.6. The van der Waals surface area contributed by atoms with Gasteiger partial charge in [-0.1, -0.05) is 24.3 Å². The maximum atomic E-state index is 14.6. The molecule has 0 saturated heterocycles. The second-order valence-corrected chi connectivity index (χ2v) is 10.3. The highest BCUT2D eigenvalue weighted by Crippen LogP contribution is 2.45. The number of hydrogen-bond donors (Lipinski definition) is 0. The third-order valence-corrected chi connectivity index (χ3v) is 6.29. The smallest absolute Gasteiger partial charge is 0.444 e. The molecule has 12 heteroatoms. The van der Waals surface area contributed by atoms with Crippen LogP contribution in [0.3, 0.4) is 0 Å². The van der Waals surface area contributed by atoms with Gasteiger partial charge in [0.2, 0.25) is 0 Å². The van der Waals surface area contributed by atoms with E-state index in [1.54, 1.807) is 45.0 Å². The molecule has 4 rings (SSSR count). The Morgan fingerprint density at radius 3 is 2.33 bits per heavy atom. The summed E-state index contributed by atoms with van der Waals surface area (Å²) >= 11 is 0. The molecule has 2 aliphatic rings. The molecule has 0 spiro atoms. The highest BCUT2D eigenvalue weighted by Gasteiger charge is 2.63. The number of nitrogens with zero attached hydrogens (tertiary/aromatic N) is 3. The molecule has 210 valence electrons. The van der Waals surface area contributed by atoms with Gasteiger partial charge in [0, 0.05) is 25.6 Å². The zero-order chi connectivity index (χ0) is 28.8. The largest absolute Gasteiger partial charge is 0.459 e. The first-order chi connectivity index (χ1) is 18.1. The molecule has 2 aromatic carbocycles. The predicted molar refractivity (Wildman–Crippen MR) is 131 cm³/mol. The van der Waals surface area contributed by atoms with E-state index in [0.717, 1.165) is 22.7 Å². The number of hydrazone groups is 1. The van der Waals surface area contributed by atoms with Crippen molar-refractivity contribution in [3.05, 3.63) is 71.3 Å². The van der Waals surface area contributed by atoms with Crippen LogP contribution in [0.1, 0.15) is 50.8 Å². The third-order valence-electron chi connectivity index (χ3n) is 6.29.